The number of carbonyl (C=O) groups excluding carboxylic acids is 2. The van der Waals surface area contributed by atoms with E-state index in [-0.39, 0.29) is 13.2 Å². The Morgan fingerprint density at radius 2 is 1.74 bits per heavy atom. The van der Waals surface area contributed by atoms with Gasteiger partial charge in [0.25, 0.3) is 5.91 Å². The molecule has 1 atom stereocenters. The predicted molar refractivity (Wildman–Crippen MR) is 137 cm³/mol. The minimum absolute atomic E-state index is 0.0661. The second-order valence-electron chi connectivity index (χ2n) is 8.16. The summed E-state index contributed by atoms with van der Waals surface area (Å²) in [5, 5.41) is 6.57. The number of amides is 2. The Balaban J connectivity index is 2.06. The van der Waals surface area contributed by atoms with Gasteiger partial charge in [-0.1, -0.05) is 30.3 Å². The lowest BCUT2D eigenvalue weighted by Crippen LogP contribution is -2.49. The molecule has 2 N–H and O–H groups in total. The molecule has 0 fully saturated rings. The van der Waals surface area contributed by atoms with Crippen molar-refractivity contribution in [1.82, 2.24) is 10.7 Å². The first-order valence-electron chi connectivity index (χ1n) is 10.5. The SMILES string of the molecule is COc1cc(I)c(/C=N\NC(=O)[C@H](COCc2ccccc2)NC(=O)OC(C)(C)C)cc1OC. The van der Waals surface area contributed by atoms with Crippen LogP contribution in [0.5, 0.6) is 11.5 Å². The zero-order chi connectivity index (χ0) is 25.1. The number of hydrazone groups is 1. The molecule has 2 amide bonds. The summed E-state index contributed by atoms with van der Waals surface area (Å²) in [6, 6.07) is 12.0. The number of nitrogens with zero attached hydrogens (tertiary/aromatic N) is 1. The summed E-state index contributed by atoms with van der Waals surface area (Å²) in [6.07, 6.45) is 0.756. The normalized spacial score (nSPS) is 12.2. The van der Waals surface area contributed by atoms with E-state index in [1.165, 1.54) is 13.3 Å². The number of hydrogen-bond acceptors (Lipinski definition) is 7. The van der Waals surface area contributed by atoms with E-state index in [4.69, 9.17) is 18.9 Å². The minimum atomic E-state index is -1.01. The Bertz CT molecular complexity index is 992. The van der Waals surface area contributed by atoms with Crippen molar-refractivity contribution in [2.75, 3.05) is 20.8 Å². The van der Waals surface area contributed by atoms with Crippen LogP contribution in [0, 0.1) is 3.57 Å². The first-order chi connectivity index (χ1) is 16.1. The molecule has 2 rings (SSSR count). The minimum Gasteiger partial charge on any atom is -0.493 e. The second kappa shape index (κ2) is 13.1. The molecule has 0 spiro atoms. The lowest BCUT2D eigenvalue weighted by Gasteiger charge is -2.22. The highest BCUT2D eigenvalue weighted by atomic mass is 127. The highest BCUT2D eigenvalue weighted by molar-refractivity contribution is 14.1. The van der Waals surface area contributed by atoms with Crippen LogP contribution in [-0.4, -0.2) is 50.7 Å². The zero-order valence-electron chi connectivity index (χ0n) is 19.9. The van der Waals surface area contributed by atoms with E-state index in [9.17, 15) is 9.59 Å². The van der Waals surface area contributed by atoms with Crippen molar-refractivity contribution in [3.63, 3.8) is 0 Å². The van der Waals surface area contributed by atoms with Gasteiger partial charge in [-0.15, -0.1) is 0 Å². The zero-order valence-corrected chi connectivity index (χ0v) is 22.0. The summed E-state index contributed by atoms with van der Waals surface area (Å²) < 4.78 is 22.4. The molecular formula is C24H30IN3O6. The largest absolute Gasteiger partial charge is 0.493 e. The molecule has 0 heterocycles. The molecule has 0 unspecified atom stereocenters. The van der Waals surface area contributed by atoms with E-state index in [0.717, 1.165) is 14.7 Å². The quantitative estimate of drug-likeness (QED) is 0.250. The summed E-state index contributed by atoms with van der Waals surface area (Å²) in [5.74, 6) is 0.574. The van der Waals surface area contributed by atoms with Crippen molar-refractivity contribution in [3.05, 3.63) is 57.2 Å². The predicted octanol–water partition coefficient (Wildman–Crippen LogP) is 3.87. The summed E-state index contributed by atoms with van der Waals surface area (Å²) >= 11 is 2.13. The molecule has 184 valence electrons. The van der Waals surface area contributed by atoms with Gasteiger partial charge in [-0.2, -0.15) is 5.10 Å². The number of halogens is 1. The van der Waals surface area contributed by atoms with E-state index >= 15 is 0 Å². The van der Waals surface area contributed by atoms with Crippen molar-refractivity contribution in [1.29, 1.82) is 0 Å². The number of alkyl carbamates (subject to hydrolysis) is 1. The fourth-order valence-electron chi connectivity index (χ4n) is 2.71. The van der Waals surface area contributed by atoms with Crippen molar-refractivity contribution < 1.29 is 28.5 Å². The van der Waals surface area contributed by atoms with Gasteiger partial charge in [-0.25, -0.2) is 10.2 Å². The number of nitrogens with one attached hydrogen (secondary N) is 2. The molecule has 9 nitrogen and oxygen atoms in total. The first kappa shape index (κ1) is 27.4. The monoisotopic (exact) mass is 583 g/mol. The molecule has 34 heavy (non-hydrogen) atoms. The molecule has 2 aromatic carbocycles. The molecule has 0 aromatic heterocycles. The van der Waals surface area contributed by atoms with Gasteiger partial charge in [0.05, 0.1) is 33.6 Å². The molecule has 0 aliphatic heterocycles. The van der Waals surface area contributed by atoms with Crippen LogP contribution in [0.25, 0.3) is 0 Å². The molecule has 0 saturated carbocycles. The van der Waals surface area contributed by atoms with Crippen LogP contribution < -0.4 is 20.2 Å². The van der Waals surface area contributed by atoms with Crippen LogP contribution in [-0.2, 0) is 20.9 Å². The van der Waals surface area contributed by atoms with Gasteiger partial charge in [0.2, 0.25) is 0 Å². The maximum Gasteiger partial charge on any atom is 0.408 e. The standard InChI is InChI=1S/C24H30IN3O6/c1-24(2,3)34-23(30)27-19(15-33-14-16-9-7-6-8-10-16)22(29)28-26-13-17-11-20(31-4)21(32-5)12-18(17)25/h6-13,19H,14-15H2,1-5H3,(H,27,30)(H,28,29)/b26-13-/t19-/m0/s1. The summed E-state index contributed by atoms with van der Waals surface area (Å²) in [6.45, 7) is 5.44. The lowest BCUT2D eigenvalue weighted by molar-refractivity contribution is -0.124. The molecule has 0 aliphatic carbocycles. The average molecular weight is 583 g/mol. The van der Waals surface area contributed by atoms with Crippen LogP contribution >= 0.6 is 22.6 Å². The summed E-state index contributed by atoms with van der Waals surface area (Å²) in [7, 11) is 3.09. The highest BCUT2D eigenvalue weighted by Gasteiger charge is 2.24. The third kappa shape index (κ3) is 9.18. The van der Waals surface area contributed by atoms with E-state index in [0.29, 0.717) is 11.5 Å². The van der Waals surface area contributed by atoms with Gasteiger partial charge in [0, 0.05) is 9.13 Å². The highest BCUT2D eigenvalue weighted by Crippen LogP contribution is 2.30. The Kier molecular flexibility index (Phi) is 10.6. The Hall–Kier alpha value is -2.86. The number of rotatable bonds is 10. The molecule has 10 heteroatoms. The first-order valence-corrected chi connectivity index (χ1v) is 11.6. The van der Waals surface area contributed by atoms with Gasteiger partial charge in [0.1, 0.15) is 11.6 Å². The van der Waals surface area contributed by atoms with Crippen LogP contribution in [0.4, 0.5) is 4.79 Å². The molecule has 2 aromatic rings. The van der Waals surface area contributed by atoms with E-state index in [2.05, 4.69) is 38.4 Å². The lowest BCUT2D eigenvalue weighted by atomic mass is 10.2. The molecule has 0 bridgehead atoms. The fourth-order valence-corrected chi connectivity index (χ4v) is 3.29. The Labute approximate surface area is 213 Å². The Morgan fingerprint density at radius 3 is 2.35 bits per heavy atom. The van der Waals surface area contributed by atoms with E-state index < -0.39 is 23.6 Å². The van der Waals surface area contributed by atoms with Gasteiger partial charge in [0.15, 0.2) is 11.5 Å². The summed E-state index contributed by atoms with van der Waals surface area (Å²) in [4.78, 5) is 25.0. The molecule has 0 aliphatic rings. The Morgan fingerprint density at radius 1 is 1.09 bits per heavy atom. The van der Waals surface area contributed by atoms with Crippen LogP contribution in [0.1, 0.15) is 31.9 Å². The number of ether oxygens (including phenoxy) is 4. The number of methoxy groups -OCH3 is 2. The third-order valence-electron chi connectivity index (χ3n) is 4.28. The van der Waals surface area contributed by atoms with Crippen molar-refractivity contribution in [2.45, 2.75) is 39.0 Å². The van der Waals surface area contributed by atoms with E-state index in [1.54, 1.807) is 40.0 Å². The van der Waals surface area contributed by atoms with Crippen LogP contribution in [0.2, 0.25) is 0 Å². The van der Waals surface area contributed by atoms with Crippen LogP contribution in [0.3, 0.4) is 0 Å². The number of hydrogen-bond donors (Lipinski definition) is 2. The number of carbonyl (C=O) groups is 2. The van der Waals surface area contributed by atoms with E-state index in [1.807, 2.05) is 30.3 Å². The maximum absolute atomic E-state index is 12.8. The fraction of sp³-hybridized carbons (Fsp3) is 0.375. The maximum atomic E-state index is 12.8. The van der Waals surface area contributed by atoms with Crippen molar-refractivity contribution in [3.8, 4) is 11.5 Å². The van der Waals surface area contributed by atoms with Crippen molar-refractivity contribution in [2.24, 2.45) is 5.10 Å². The van der Waals surface area contributed by atoms with Gasteiger partial charge in [-0.05, 0) is 61.1 Å². The van der Waals surface area contributed by atoms with Gasteiger partial charge < -0.3 is 24.3 Å². The van der Waals surface area contributed by atoms with Crippen molar-refractivity contribution >= 4 is 40.8 Å². The topological polar surface area (TPSA) is 107 Å². The van der Waals surface area contributed by atoms with Gasteiger partial charge >= 0.3 is 6.09 Å². The third-order valence-corrected chi connectivity index (χ3v) is 5.22. The number of benzene rings is 2. The van der Waals surface area contributed by atoms with Crippen LogP contribution in [0.15, 0.2) is 47.6 Å². The molecule has 0 radical (unpaired) electrons. The summed E-state index contributed by atoms with van der Waals surface area (Å²) in [5.41, 5.74) is 3.40. The molecular weight excluding hydrogens is 553 g/mol. The smallest absolute Gasteiger partial charge is 0.408 e. The second-order valence-corrected chi connectivity index (χ2v) is 9.32. The average Bonchev–Trinajstić information content (AvgIpc) is 2.78. The van der Waals surface area contributed by atoms with Gasteiger partial charge in [-0.3, -0.25) is 4.79 Å². The molecule has 0 saturated heterocycles.